The quantitative estimate of drug-likeness (QED) is 0.630. The number of benzene rings is 1. The molecule has 1 rings (SSSR count). The van der Waals surface area contributed by atoms with Crippen LogP contribution < -0.4 is 5.73 Å². The Labute approximate surface area is 113 Å². The summed E-state index contributed by atoms with van der Waals surface area (Å²) in [6.45, 7) is 7.33. The number of nitriles is 1. The third-order valence-electron chi connectivity index (χ3n) is 2.41. The van der Waals surface area contributed by atoms with Crippen LogP contribution in [0.15, 0.2) is 48.4 Å². The maximum atomic E-state index is 12.4. The average Bonchev–Trinajstić information content (AvgIpc) is 2.38. The molecule has 0 spiro atoms. The normalized spacial score (nSPS) is 10.9. The monoisotopic (exact) mass is 277 g/mol. The molecule has 0 saturated heterocycles. The first-order valence-electron chi connectivity index (χ1n) is 5.49. The lowest BCUT2D eigenvalue weighted by Gasteiger charge is -2.19. The van der Waals surface area contributed by atoms with Gasteiger partial charge in [0.1, 0.15) is 11.0 Å². The van der Waals surface area contributed by atoms with Gasteiger partial charge in [0.05, 0.1) is 5.56 Å². The van der Waals surface area contributed by atoms with E-state index in [4.69, 9.17) is 11.0 Å². The summed E-state index contributed by atoms with van der Waals surface area (Å²) in [7, 11) is -3.77. The number of nitrogens with zero attached hydrogens (tertiary/aromatic N) is 2. The van der Waals surface area contributed by atoms with Gasteiger partial charge in [0, 0.05) is 18.8 Å². The van der Waals surface area contributed by atoms with Crippen molar-refractivity contribution in [1.82, 2.24) is 4.31 Å². The van der Waals surface area contributed by atoms with Crippen molar-refractivity contribution in [3.05, 3.63) is 49.1 Å². The summed E-state index contributed by atoms with van der Waals surface area (Å²) < 4.78 is 26.1. The van der Waals surface area contributed by atoms with E-state index in [-0.39, 0.29) is 23.5 Å². The lowest BCUT2D eigenvalue weighted by Crippen LogP contribution is -2.32. The first-order chi connectivity index (χ1) is 8.97. The molecule has 19 heavy (non-hydrogen) atoms. The van der Waals surface area contributed by atoms with E-state index in [1.807, 2.05) is 6.07 Å². The molecule has 100 valence electrons. The molecule has 0 radical (unpaired) electrons. The third kappa shape index (κ3) is 3.22. The first-order valence-corrected chi connectivity index (χ1v) is 6.93. The Morgan fingerprint density at radius 2 is 1.89 bits per heavy atom. The largest absolute Gasteiger partial charge is 0.399 e. The smallest absolute Gasteiger partial charge is 0.244 e. The van der Waals surface area contributed by atoms with Crippen LogP contribution in [0.3, 0.4) is 0 Å². The van der Waals surface area contributed by atoms with Gasteiger partial charge >= 0.3 is 0 Å². The SMILES string of the molecule is C=CCN(CC=C)S(=O)(=O)c1ccc(N)cc1C#N. The van der Waals surface area contributed by atoms with E-state index in [0.29, 0.717) is 5.69 Å². The van der Waals surface area contributed by atoms with Gasteiger partial charge in [-0.2, -0.15) is 9.57 Å². The molecule has 0 aliphatic rings. The van der Waals surface area contributed by atoms with Crippen LogP contribution in [0.1, 0.15) is 5.56 Å². The molecule has 0 atom stereocenters. The molecule has 0 heterocycles. The fourth-order valence-corrected chi connectivity index (χ4v) is 3.06. The summed E-state index contributed by atoms with van der Waals surface area (Å²) in [5.74, 6) is 0. The molecule has 1 aromatic rings. The summed E-state index contributed by atoms with van der Waals surface area (Å²) in [6, 6.07) is 5.97. The van der Waals surface area contributed by atoms with E-state index in [1.54, 1.807) is 0 Å². The predicted molar refractivity (Wildman–Crippen MR) is 74.7 cm³/mol. The van der Waals surface area contributed by atoms with Crippen LogP contribution >= 0.6 is 0 Å². The minimum atomic E-state index is -3.77. The number of hydrogen-bond acceptors (Lipinski definition) is 4. The van der Waals surface area contributed by atoms with Gasteiger partial charge in [0.2, 0.25) is 10.0 Å². The van der Waals surface area contributed by atoms with Gasteiger partial charge in [-0.1, -0.05) is 12.2 Å². The van der Waals surface area contributed by atoms with Gasteiger partial charge in [0.25, 0.3) is 0 Å². The van der Waals surface area contributed by atoms with Crippen molar-refractivity contribution >= 4 is 15.7 Å². The lowest BCUT2D eigenvalue weighted by molar-refractivity contribution is 0.474. The van der Waals surface area contributed by atoms with Crippen molar-refractivity contribution in [2.75, 3.05) is 18.8 Å². The Morgan fingerprint density at radius 3 is 2.37 bits per heavy atom. The molecule has 6 heteroatoms. The molecule has 5 nitrogen and oxygen atoms in total. The number of rotatable bonds is 6. The Kier molecular flexibility index (Phi) is 4.87. The Bertz CT molecular complexity index is 620. The van der Waals surface area contributed by atoms with Gasteiger partial charge < -0.3 is 5.73 Å². The van der Waals surface area contributed by atoms with Gasteiger partial charge in [-0.15, -0.1) is 13.2 Å². The minimum Gasteiger partial charge on any atom is -0.399 e. The van der Waals surface area contributed by atoms with Gasteiger partial charge in [-0.25, -0.2) is 8.42 Å². The highest BCUT2D eigenvalue weighted by Gasteiger charge is 2.25. The predicted octanol–water partition coefficient (Wildman–Crippen LogP) is 1.50. The second-order valence-corrected chi connectivity index (χ2v) is 5.67. The Morgan fingerprint density at radius 1 is 1.32 bits per heavy atom. The van der Waals surface area contributed by atoms with Crippen molar-refractivity contribution in [3.8, 4) is 6.07 Å². The highest BCUT2D eigenvalue weighted by atomic mass is 32.2. The fourth-order valence-electron chi connectivity index (χ4n) is 1.56. The van der Waals surface area contributed by atoms with E-state index in [1.165, 1.54) is 34.7 Å². The van der Waals surface area contributed by atoms with Crippen LogP contribution in [0.25, 0.3) is 0 Å². The molecule has 0 aliphatic carbocycles. The number of hydrogen-bond donors (Lipinski definition) is 1. The van der Waals surface area contributed by atoms with E-state index in [2.05, 4.69) is 13.2 Å². The molecule has 0 bridgehead atoms. The van der Waals surface area contributed by atoms with E-state index in [9.17, 15) is 8.42 Å². The Balaban J connectivity index is 3.37. The van der Waals surface area contributed by atoms with Crippen LogP contribution in [-0.2, 0) is 10.0 Å². The van der Waals surface area contributed by atoms with Gasteiger partial charge in [-0.3, -0.25) is 0 Å². The number of anilines is 1. The molecule has 0 saturated carbocycles. The van der Waals surface area contributed by atoms with Gasteiger partial charge in [-0.05, 0) is 18.2 Å². The summed E-state index contributed by atoms with van der Waals surface area (Å²) in [6.07, 6.45) is 2.95. The van der Waals surface area contributed by atoms with Crippen molar-refractivity contribution in [2.45, 2.75) is 4.90 Å². The van der Waals surface area contributed by atoms with Crippen LogP contribution in [0.4, 0.5) is 5.69 Å². The second-order valence-electron chi connectivity index (χ2n) is 3.77. The maximum Gasteiger partial charge on any atom is 0.244 e. The molecular weight excluding hydrogens is 262 g/mol. The maximum absolute atomic E-state index is 12.4. The summed E-state index contributed by atoms with van der Waals surface area (Å²) in [4.78, 5) is -0.0621. The zero-order chi connectivity index (χ0) is 14.5. The number of nitrogen functional groups attached to an aromatic ring is 1. The molecular formula is C13H15N3O2S. The van der Waals surface area contributed by atoms with E-state index < -0.39 is 10.0 Å². The number of nitrogens with two attached hydrogens (primary N) is 1. The fraction of sp³-hybridized carbons (Fsp3) is 0.154. The molecule has 1 aromatic carbocycles. The summed E-state index contributed by atoms with van der Waals surface area (Å²) >= 11 is 0. The van der Waals surface area contributed by atoms with E-state index in [0.717, 1.165) is 0 Å². The molecule has 2 N–H and O–H groups in total. The zero-order valence-corrected chi connectivity index (χ0v) is 11.2. The highest BCUT2D eigenvalue weighted by Crippen LogP contribution is 2.22. The van der Waals surface area contributed by atoms with Crippen molar-refractivity contribution in [1.29, 1.82) is 5.26 Å². The summed E-state index contributed by atoms with van der Waals surface area (Å²) in [5.41, 5.74) is 5.92. The molecule has 0 unspecified atom stereocenters. The topological polar surface area (TPSA) is 87.2 Å². The Hall–Kier alpha value is -2.10. The number of sulfonamides is 1. The van der Waals surface area contributed by atoms with Crippen LogP contribution in [-0.4, -0.2) is 25.8 Å². The van der Waals surface area contributed by atoms with Crippen LogP contribution in [0, 0.1) is 11.3 Å². The molecule has 0 aliphatic heterocycles. The highest BCUT2D eigenvalue weighted by molar-refractivity contribution is 7.89. The molecule has 0 aromatic heterocycles. The average molecular weight is 277 g/mol. The van der Waals surface area contributed by atoms with Crippen molar-refractivity contribution < 1.29 is 8.42 Å². The zero-order valence-electron chi connectivity index (χ0n) is 10.4. The minimum absolute atomic E-state index is 0.0260. The molecule has 0 fully saturated rings. The van der Waals surface area contributed by atoms with Crippen LogP contribution in [0.5, 0.6) is 0 Å². The van der Waals surface area contributed by atoms with Gasteiger partial charge in [0.15, 0.2) is 0 Å². The first kappa shape index (κ1) is 15.0. The van der Waals surface area contributed by atoms with Crippen LogP contribution in [0.2, 0.25) is 0 Å². The van der Waals surface area contributed by atoms with Crippen molar-refractivity contribution in [2.24, 2.45) is 0 Å². The van der Waals surface area contributed by atoms with Crippen molar-refractivity contribution in [3.63, 3.8) is 0 Å². The summed E-state index contributed by atoms with van der Waals surface area (Å²) in [5, 5.41) is 9.02. The lowest BCUT2D eigenvalue weighted by atomic mass is 10.2. The molecule has 0 amide bonds. The third-order valence-corrected chi connectivity index (χ3v) is 4.30. The standard InChI is InChI=1S/C13H15N3O2S/c1-3-7-16(8-4-2)19(17,18)13-6-5-12(15)9-11(13)10-14/h3-6,9H,1-2,7-8,15H2. The second kappa shape index (κ2) is 6.18. The van der Waals surface area contributed by atoms with E-state index >= 15 is 0 Å².